The average molecular weight is 636 g/mol. The van der Waals surface area contributed by atoms with Crippen molar-refractivity contribution < 1.29 is 33.8 Å². The van der Waals surface area contributed by atoms with Gasteiger partial charge in [0, 0.05) is 17.5 Å². The lowest BCUT2D eigenvalue weighted by Crippen LogP contribution is -2.61. The number of aliphatic hydroxyl groups is 1. The summed E-state index contributed by atoms with van der Waals surface area (Å²) in [5, 5.41) is 15.6. The van der Waals surface area contributed by atoms with Crippen LogP contribution in [-0.4, -0.2) is 69.3 Å². The zero-order valence-corrected chi connectivity index (χ0v) is 28.5. The second-order valence-corrected chi connectivity index (χ2v) is 13.7. The van der Waals surface area contributed by atoms with Gasteiger partial charge in [0.05, 0.1) is 6.61 Å². The molecule has 2 rings (SSSR count). The summed E-state index contributed by atoms with van der Waals surface area (Å²) >= 11 is 0. The number of hydrogen-bond donors (Lipinski definition) is 3. The van der Waals surface area contributed by atoms with Crippen molar-refractivity contribution in [3.8, 4) is 12.3 Å². The Morgan fingerprint density at radius 2 is 1.41 bits per heavy atom. The predicted molar refractivity (Wildman–Crippen MR) is 176 cm³/mol. The van der Waals surface area contributed by atoms with Crippen molar-refractivity contribution in [1.29, 1.82) is 0 Å². The zero-order chi connectivity index (χ0) is 34.9. The van der Waals surface area contributed by atoms with E-state index in [0.717, 1.165) is 5.56 Å². The van der Waals surface area contributed by atoms with Crippen molar-refractivity contribution in [3.63, 3.8) is 0 Å². The minimum Gasteiger partial charge on any atom is -0.458 e. The van der Waals surface area contributed by atoms with E-state index in [1.807, 2.05) is 37.3 Å². The molecule has 2 aromatic rings. The number of aliphatic hydroxyl groups excluding tert-OH is 1. The predicted octanol–water partition coefficient (Wildman–Crippen LogP) is 4.68. The highest BCUT2D eigenvalue weighted by atomic mass is 16.6. The van der Waals surface area contributed by atoms with Gasteiger partial charge in [-0.2, -0.15) is 0 Å². The number of amides is 3. The summed E-state index contributed by atoms with van der Waals surface area (Å²) in [5.41, 5.74) is -0.902. The third kappa shape index (κ3) is 11.2. The normalized spacial score (nSPS) is 13.8. The van der Waals surface area contributed by atoms with Crippen molar-refractivity contribution in [3.05, 3.63) is 71.3 Å². The highest BCUT2D eigenvalue weighted by Crippen LogP contribution is 2.32. The van der Waals surface area contributed by atoms with Crippen LogP contribution < -0.4 is 10.6 Å². The molecular weight excluding hydrogens is 586 g/mol. The summed E-state index contributed by atoms with van der Waals surface area (Å²) in [4.78, 5) is 56.2. The smallest absolute Gasteiger partial charge is 0.408 e. The van der Waals surface area contributed by atoms with Crippen LogP contribution in [0.3, 0.4) is 0 Å². The van der Waals surface area contributed by atoms with Gasteiger partial charge in [-0.3, -0.25) is 9.59 Å². The number of ether oxygens (including phenoxy) is 2. The number of benzene rings is 2. The van der Waals surface area contributed by atoms with Gasteiger partial charge < -0.3 is 30.1 Å². The molecule has 0 spiro atoms. The van der Waals surface area contributed by atoms with Crippen molar-refractivity contribution in [2.24, 2.45) is 0 Å². The Morgan fingerprint density at radius 3 is 1.89 bits per heavy atom. The first-order chi connectivity index (χ1) is 21.3. The van der Waals surface area contributed by atoms with E-state index in [1.54, 1.807) is 79.7 Å². The van der Waals surface area contributed by atoms with E-state index < -0.39 is 65.4 Å². The minimum absolute atomic E-state index is 0.134. The lowest BCUT2D eigenvalue weighted by atomic mass is 9.91. The van der Waals surface area contributed by atoms with Gasteiger partial charge in [-0.15, -0.1) is 6.42 Å². The Kier molecular flexibility index (Phi) is 13.0. The molecule has 0 radical (unpaired) electrons. The van der Waals surface area contributed by atoms with E-state index in [2.05, 4.69) is 16.6 Å². The van der Waals surface area contributed by atoms with E-state index in [1.165, 1.54) is 4.90 Å². The van der Waals surface area contributed by atoms with Crippen LogP contribution in [-0.2, 0) is 30.3 Å². The van der Waals surface area contributed by atoms with Gasteiger partial charge in [-0.25, -0.2) is 9.59 Å². The van der Waals surface area contributed by atoms with Crippen LogP contribution in [0.2, 0.25) is 0 Å². The molecule has 0 aliphatic carbocycles. The fourth-order valence-corrected chi connectivity index (χ4v) is 4.59. The van der Waals surface area contributed by atoms with Crippen molar-refractivity contribution >= 4 is 23.9 Å². The Hall–Kier alpha value is -4.36. The maximum Gasteiger partial charge on any atom is 0.408 e. The molecule has 0 heterocycles. The number of carbonyl (C=O) groups is 4. The summed E-state index contributed by atoms with van der Waals surface area (Å²) in [7, 11) is 0. The lowest BCUT2D eigenvalue weighted by molar-refractivity contribution is -0.159. The Labute approximate surface area is 273 Å². The second-order valence-electron chi connectivity index (χ2n) is 13.7. The average Bonchev–Trinajstić information content (AvgIpc) is 2.96. The molecule has 0 saturated carbocycles. The monoisotopic (exact) mass is 635 g/mol. The van der Waals surface area contributed by atoms with Crippen LogP contribution in [0.25, 0.3) is 0 Å². The molecule has 0 aliphatic heterocycles. The fourth-order valence-electron chi connectivity index (χ4n) is 4.59. The van der Waals surface area contributed by atoms with E-state index in [-0.39, 0.29) is 6.42 Å². The van der Waals surface area contributed by atoms with E-state index >= 15 is 0 Å². The van der Waals surface area contributed by atoms with Crippen LogP contribution in [0, 0.1) is 12.3 Å². The summed E-state index contributed by atoms with van der Waals surface area (Å²) in [5.74, 6) is 0.516. The molecule has 3 unspecified atom stereocenters. The van der Waals surface area contributed by atoms with E-state index in [9.17, 15) is 24.3 Å². The quantitative estimate of drug-likeness (QED) is 0.228. The van der Waals surface area contributed by atoms with Crippen LogP contribution in [0.1, 0.15) is 91.5 Å². The minimum atomic E-state index is -1.44. The first-order valence-corrected chi connectivity index (χ1v) is 15.4. The molecule has 10 heteroatoms. The molecule has 3 atom stereocenters. The number of hydrogen-bond acceptors (Lipinski definition) is 7. The van der Waals surface area contributed by atoms with Gasteiger partial charge in [0.25, 0.3) is 0 Å². The third-order valence-electron chi connectivity index (χ3n) is 7.12. The molecule has 2 aromatic carbocycles. The number of esters is 1. The molecule has 0 aliphatic rings. The highest BCUT2D eigenvalue weighted by Gasteiger charge is 2.44. The van der Waals surface area contributed by atoms with Gasteiger partial charge in [0.2, 0.25) is 11.8 Å². The maximum absolute atomic E-state index is 14.5. The molecular formula is C36H49N3O7. The van der Waals surface area contributed by atoms with Gasteiger partial charge in [-0.1, -0.05) is 55.3 Å². The number of nitrogens with one attached hydrogen (secondary N) is 2. The Bertz CT molecular complexity index is 1380. The first-order valence-electron chi connectivity index (χ1n) is 15.4. The second kappa shape index (κ2) is 15.8. The van der Waals surface area contributed by atoms with E-state index in [4.69, 9.17) is 15.9 Å². The highest BCUT2D eigenvalue weighted by molar-refractivity contribution is 5.94. The molecule has 3 N–H and O–H groups in total. The molecule has 3 amide bonds. The molecule has 0 aromatic heterocycles. The van der Waals surface area contributed by atoms with Gasteiger partial charge >= 0.3 is 12.1 Å². The first kappa shape index (κ1) is 37.8. The van der Waals surface area contributed by atoms with Gasteiger partial charge in [-0.05, 0) is 85.1 Å². The largest absolute Gasteiger partial charge is 0.458 e. The molecule has 0 bridgehead atoms. The zero-order valence-electron chi connectivity index (χ0n) is 28.5. The SMILES string of the molecule is C#Cc1ccc(C(C(=O)NC(Cc2ccccc2)C(=O)OC(C)(C)C)N(C(=O)C(CO)NC(=O)OC(C)(C)C)C(C)(C)CC)cc1. The van der Waals surface area contributed by atoms with Gasteiger partial charge in [0.15, 0.2) is 0 Å². The molecule has 250 valence electrons. The van der Waals surface area contributed by atoms with Crippen LogP contribution in [0.15, 0.2) is 54.6 Å². The third-order valence-corrected chi connectivity index (χ3v) is 7.12. The molecule has 0 fully saturated rings. The number of nitrogens with zero attached hydrogens (tertiary/aromatic N) is 1. The number of carbonyl (C=O) groups excluding carboxylic acids is 4. The van der Waals surface area contributed by atoms with Crippen LogP contribution in [0.4, 0.5) is 4.79 Å². The number of alkyl carbamates (subject to hydrolysis) is 1. The summed E-state index contributed by atoms with van der Waals surface area (Å²) in [6.45, 7) is 14.9. The Balaban J connectivity index is 2.67. The van der Waals surface area contributed by atoms with Crippen LogP contribution >= 0.6 is 0 Å². The Morgan fingerprint density at radius 1 is 0.848 bits per heavy atom. The standard InChI is InChI=1S/C36H49N3O7/c1-11-24-18-20-26(21-19-24)29(30(41)37-27(32(43)45-34(3,4)5)22-25-16-14-13-15-17-25)39(36(9,10)12-2)31(42)28(23-40)38-33(44)46-35(6,7)8/h1,13-21,27-29,40H,12,22-23H2,2-10H3,(H,37,41)(H,38,44). The summed E-state index contributed by atoms with van der Waals surface area (Å²) in [6, 6.07) is 11.9. The van der Waals surface area contributed by atoms with Crippen molar-refractivity contribution in [2.45, 2.75) is 110 Å². The topological polar surface area (TPSA) is 134 Å². The van der Waals surface area contributed by atoms with Crippen molar-refractivity contribution in [1.82, 2.24) is 15.5 Å². The summed E-state index contributed by atoms with van der Waals surface area (Å²) in [6.07, 6.45) is 5.21. The van der Waals surface area contributed by atoms with E-state index in [0.29, 0.717) is 17.5 Å². The molecule has 46 heavy (non-hydrogen) atoms. The number of terminal acetylenes is 1. The van der Waals surface area contributed by atoms with Crippen molar-refractivity contribution in [2.75, 3.05) is 6.61 Å². The van der Waals surface area contributed by atoms with Gasteiger partial charge in [0.1, 0.15) is 29.3 Å². The molecule has 0 saturated heterocycles. The summed E-state index contributed by atoms with van der Waals surface area (Å²) < 4.78 is 11.0. The maximum atomic E-state index is 14.5. The number of rotatable bonds is 12. The van der Waals surface area contributed by atoms with Crippen LogP contribution in [0.5, 0.6) is 0 Å². The lowest BCUT2D eigenvalue weighted by Gasteiger charge is -2.44. The fraction of sp³-hybridized carbons (Fsp3) is 0.500. The molecule has 10 nitrogen and oxygen atoms in total.